The van der Waals surface area contributed by atoms with Crippen LogP contribution in [0.5, 0.6) is 0 Å². The molecule has 0 spiro atoms. The van der Waals surface area contributed by atoms with Crippen molar-refractivity contribution in [3.8, 4) is 0 Å². The maximum Gasteiger partial charge on any atom is 0.0969 e. The highest BCUT2D eigenvalue weighted by Crippen LogP contribution is 2.43. The van der Waals surface area contributed by atoms with Crippen LogP contribution in [-0.4, -0.2) is 9.97 Å². The Kier molecular flexibility index (Phi) is 8.56. The van der Waals surface area contributed by atoms with Gasteiger partial charge in [-0.2, -0.15) is 0 Å². The molecule has 6 rings (SSSR count). The molecule has 0 bridgehead atoms. The van der Waals surface area contributed by atoms with Crippen molar-refractivity contribution in [3.63, 3.8) is 0 Å². The first kappa shape index (κ1) is 25.5. The zero-order valence-electron chi connectivity index (χ0n) is 22.8. The predicted molar refractivity (Wildman–Crippen MR) is 158 cm³/mol. The molecule has 37 heavy (non-hydrogen) atoms. The van der Waals surface area contributed by atoms with Gasteiger partial charge in [-0.15, -0.1) is 11.3 Å². The molecule has 2 aromatic heterocycles. The third-order valence-corrected chi connectivity index (χ3v) is 11.0. The average molecular weight is 515 g/mol. The van der Waals surface area contributed by atoms with Gasteiger partial charge < -0.3 is 0 Å². The number of rotatable bonds is 4. The van der Waals surface area contributed by atoms with Crippen molar-refractivity contribution in [2.75, 3.05) is 0 Å². The molecule has 2 heterocycles. The summed E-state index contributed by atoms with van der Waals surface area (Å²) in [6, 6.07) is 13.9. The molecule has 2 unspecified atom stereocenters. The summed E-state index contributed by atoms with van der Waals surface area (Å²) in [4.78, 5) is 10.6. The SMILES string of the molecule is c1ccc2sc(C3CCCC(c4cc(C5CCCCCCC5)nc(C5CCCCCC5)c4)CC3)nc2c1. The maximum atomic E-state index is 5.49. The molecule has 198 valence electrons. The minimum Gasteiger partial charge on any atom is -0.257 e. The van der Waals surface area contributed by atoms with Gasteiger partial charge in [-0.05, 0) is 87.1 Å². The number of nitrogens with zero attached hydrogens (tertiary/aromatic N) is 2. The van der Waals surface area contributed by atoms with Crippen LogP contribution >= 0.6 is 11.3 Å². The smallest absolute Gasteiger partial charge is 0.0969 e. The molecular formula is C34H46N2S. The quantitative estimate of drug-likeness (QED) is 0.324. The van der Waals surface area contributed by atoms with Crippen molar-refractivity contribution in [2.45, 2.75) is 139 Å². The lowest BCUT2D eigenvalue weighted by molar-refractivity contribution is 0.446. The fourth-order valence-electron chi connectivity index (χ4n) is 7.52. The summed E-state index contributed by atoms with van der Waals surface area (Å²) in [5.74, 6) is 2.71. The van der Waals surface area contributed by atoms with E-state index in [0.717, 1.165) is 0 Å². The summed E-state index contributed by atoms with van der Waals surface area (Å²) in [6.45, 7) is 0. The first-order chi connectivity index (χ1) is 18.3. The van der Waals surface area contributed by atoms with Crippen LogP contribution in [0.1, 0.15) is 161 Å². The van der Waals surface area contributed by atoms with Gasteiger partial charge in [0, 0.05) is 29.1 Å². The second kappa shape index (κ2) is 12.4. The second-order valence-corrected chi connectivity index (χ2v) is 13.5. The Balaban J connectivity index is 1.25. The van der Waals surface area contributed by atoms with Crippen molar-refractivity contribution >= 4 is 21.6 Å². The monoisotopic (exact) mass is 514 g/mol. The number of hydrogen-bond donors (Lipinski definition) is 0. The molecule has 3 fully saturated rings. The number of hydrogen-bond acceptors (Lipinski definition) is 3. The zero-order chi connectivity index (χ0) is 24.9. The standard InChI is InChI=1S/C34H46N2S/c1-2-6-13-26(14-7-3-1)31-23-29(24-32(35-31)27-15-8-4-5-9-16-27)25-17-12-18-28(22-21-25)34-36-30-19-10-11-20-33(30)37-34/h10-11,19-20,23-28H,1-9,12-18,21-22H2. The third kappa shape index (κ3) is 6.29. The van der Waals surface area contributed by atoms with Crippen molar-refractivity contribution in [2.24, 2.45) is 0 Å². The molecule has 3 aliphatic rings. The number of thiazole rings is 1. The Morgan fingerprint density at radius 3 is 1.70 bits per heavy atom. The third-order valence-electron chi connectivity index (χ3n) is 9.78. The Hall–Kier alpha value is -1.74. The summed E-state index contributed by atoms with van der Waals surface area (Å²) < 4.78 is 1.35. The second-order valence-electron chi connectivity index (χ2n) is 12.4. The lowest BCUT2D eigenvalue weighted by Gasteiger charge is -2.25. The summed E-state index contributed by atoms with van der Waals surface area (Å²) in [6.07, 6.45) is 24.6. The van der Waals surface area contributed by atoms with Gasteiger partial charge in [0.05, 0.1) is 15.2 Å². The fourth-order valence-corrected chi connectivity index (χ4v) is 8.66. The minimum atomic E-state index is 0.635. The number of aromatic nitrogens is 2. The molecule has 1 aromatic carbocycles. The van der Waals surface area contributed by atoms with Crippen molar-refractivity contribution < 1.29 is 0 Å². The van der Waals surface area contributed by atoms with E-state index >= 15 is 0 Å². The Labute approximate surface area is 228 Å². The number of fused-ring (bicyclic) bond motifs is 1. The summed E-state index contributed by atoms with van der Waals surface area (Å²) >= 11 is 1.94. The molecule has 2 nitrogen and oxygen atoms in total. The molecule has 0 N–H and O–H groups in total. The highest BCUT2D eigenvalue weighted by Gasteiger charge is 2.27. The van der Waals surface area contributed by atoms with Gasteiger partial charge in [-0.3, -0.25) is 4.98 Å². The van der Waals surface area contributed by atoms with Gasteiger partial charge in [-0.25, -0.2) is 4.98 Å². The van der Waals surface area contributed by atoms with Gasteiger partial charge in [0.2, 0.25) is 0 Å². The Morgan fingerprint density at radius 2 is 1.05 bits per heavy atom. The van der Waals surface area contributed by atoms with Crippen LogP contribution in [0.15, 0.2) is 36.4 Å². The van der Waals surface area contributed by atoms with Crippen LogP contribution in [0.4, 0.5) is 0 Å². The van der Waals surface area contributed by atoms with E-state index in [1.807, 2.05) is 11.3 Å². The highest BCUT2D eigenvalue weighted by molar-refractivity contribution is 7.18. The number of para-hydroxylation sites is 1. The summed E-state index contributed by atoms with van der Waals surface area (Å²) in [5.41, 5.74) is 5.75. The molecule has 3 saturated carbocycles. The van der Waals surface area contributed by atoms with Gasteiger partial charge in [-0.1, -0.05) is 76.3 Å². The van der Waals surface area contributed by atoms with Crippen molar-refractivity contribution in [3.05, 3.63) is 58.4 Å². The highest BCUT2D eigenvalue weighted by atomic mass is 32.1. The minimum absolute atomic E-state index is 0.635. The zero-order valence-corrected chi connectivity index (χ0v) is 23.6. The van der Waals surface area contributed by atoms with Crippen molar-refractivity contribution in [1.29, 1.82) is 0 Å². The first-order valence-electron chi connectivity index (χ1n) is 15.7. The van der Waals surface area contributed by atoms with E-state index in [4.69, 9.17) is 9.97 Å². The van der Waals surface area contributed by atoms with Gasteiger partial charge in [0.25, 0.3) is 0 Å². The number of benzene rings is 1. The molecule has 3 aliphatic carbocycles. The van der Waals surface area contributed by atoms with Crippen LogP contribution in [0.25, 0.3) is 10.2 Å². The van der Waals surface area contributed by atoms with E-state index in [1.165, 1.54) is 142 Å². The topological polar surface area (TPSA) is 25.8 Å². The van der Waals surface area contributed by atoms with E-state index < -0.39 is 0 Å². The Morgan fingerprint density at radius 1 is 0.514 bits per heavy atom. The molecule has 3 aromatic rings. The summed E-state index contributed by atoms with van der Waals surface area (Å²) in [7, 11) is 0. The predicted octanol–water partition coefficient (Wildman–Crippen LogP) is 10.8. The molecule has 0 radical (unpaired) electrons. The lowest BCUT2D eigenvalue weighted by Crippen LogP contribution is -2.11. The first-order valence-corrected chi connectivity index (χ1v) is 16.5. The molecule has 0 amide bonds. The average Bonchev–Trinajstić information content (AvgIpc) is 3.06. The largest absolute Gasteiger partial charge is 0.257 e. The van der Waals surface area contributed by atoms with Crippen LogP contribution in [0.3, 0.4) is 0 Å². The van der Waals surface area contributed by atoms with Crippen molar-refractivity contribution in [1.82, 2.24) is 9.97 Å². The van der Waals surface area contributed by atoms with Gasteiger partial charge >= 0.3 is 0 Å². The van der Waals surface area contributed by atoms with Crippen LogP contribution in [-0.2, 0) is 0 Å². The van der Waals surface area contributed by atoms with Crippen LogP contribution in [0, 0.1) is 0 Å². The summed E-state index contributed by atoms with van der Waals surface area (Å²) in [5, 5.41) is 1.38. The van der Waals surface area contributed by atoms with Crippen LogP contribution < -0.4 is 0 Å². The molecule has 0 saturated heterocycles. The van der Waals surface area contributed by atoms with E-state index in [0.29, 0.717) is 23.7 Å². The Bertz CT molecular complexity index is 1100. The van der Waals surface area contributed by atoms with E-state index in [9.17, 15) is 0 Å². The van der Waals surface area contributed by atoms with Crippen LogP contribution in [0.2, 0.25) is 0 Å². The fraction of sp³-hybridized carbons (Fsp3) is 0.647. The molecule has 2 atom stereocenters. The molecule has 3 heteroatoms. The number of pyridine rings is 1. The van der Waals surface area contributed by atoms with E-state index in [1.54, 1.807) is 5.56 Å². The molecule has 0 aliphatic heterocycles. The normalized spacial score (nSPS) is 25.3. The molecular weight excluding hydrogens is 468 g/mol. The van der Waals surface area contributed by atoms with Gasteiger partial charge in [0.1, 0.15) is 0 Å². The van der Waals surface area contributed by atoms with E-state index in [-0.39, 0.29) is 0 Å². The maximum absolute atomic E-state index is 5.49. The van der Waals surface area contributed by atoms with E-state index in [2.05, 4.69) is 36.4 Å². The lowest BCUT2D eigenvalue weighted by atomic mass is 9.84. The van der Waals surface area contributed by atoms with Gasteiger partial charge in [0.15, 0.2) is 0 Å².